The summed E-state index contributed by atoms with van der Waals surface area (Å²) >= 11 is 3.39. The summed E-state index contributed by atoms with van der Waals surface area (Å²) in [4.78, 5) is 27.4. The Morgan fingerprint density at radius 2 is 1.85 bits per heavy atom. The highest BCUT2D eigenvalue weighted by atomic mass is 79.9. The van der Waals surface area contributed by atoms with Crippen molar-refractivity contribution in [3.63, 3.8) is 0 Å². The lowest BCUT2D eigenvalue weighted by molar-refractivity contribution is -0.387. The van der Waals surface area contributed by atoms with E-state index in [1.165, 1.54) is 18.5 Å². The lowest BCUT2D eigenvalue weighted by atomic mass is 10.2. The average Bonchev–Trinajstić information content (AvgIpc) is 2.76. The molecule has 4 rings (SSSR count). The van der Waals surface area contributed by atoms with Crippen LogP contribution in [0.25, 0.3) is 11.0 Å². The first kappa shape index (κ1) is 22.7. The molecule has 10 nitrogen and oxygen atoms in total. The molecule has 0 spiro atoms. The fourth-order valence-electron chi connectivity index (χ4n) is 3.17. The Hall–Kier alpha value is -3.50. The number of hydrogen-bond donors (Lipinski definition) is 2. The smallest absolute Gasteiger partial charge is 0.306 e. The fraction of sp³-hybridized carbons (Fsp3) is 0.100. The Bertz CT molecular complexity index is 1450. The van der Waals surface area contributed by atoms with E-state index in [2.05, 4.69) is 46.5 Å². The molecule has 33 heavy (non-hydrogen) atoms. The minimum Gasteiger partial charge on any atom is -0.338 e. The summed E-state index contributed by atoms with van der Waals surface area (Å²) in [5, 5.41) is 17.5. The molecule has 0 amide bonds. The Morgan fingerprint density at radius 1 is 1.09 bits per heavy atom. The minimum absolute atomic E-state index is 0.111. The van der Waals surface area contributed by atoms with Crippen molar-refractivity contribution in [1.82, 2.24) is 19.9 Å². The first-order valence-electron chi connectivity index (χ1n) is 9.43. The monoisotopic (exact) mass is 531 g/mol. The molecule has 0 saturated heterocycles. The van der Waals surface area contributed by atoms with Crippen LogP contribution < -0.4 is 15.9 Å². The van der Waals surface area contributed by atoms with Crippen molar-refractivity contribution in [3.05, 3.63) is 69.3 Å². The lowest BCUT2D eigenvalue weighted by Crippen LogP contribution is -2.14. The van der Waals surface area contributed by atoms with Gasteiger partial charge in [-0.05, 0) is 53.5 Å². The first-order valence-corrected chi connectivity index (χ1v) is 12.8. The summed E-state index contributed by atoms with van der Waals surface area (Å²) < 4.78 is 27.2. The number of halogens is 2. The summed E-state index contributed by atoms with van der Waals surface area (Å²) in [6.07, 6.45) is 4.58. The average molecular weight is 532 g/mol. The number of nitro groups is 1. The minimum atomic E-state index is -2.78. The third-order valence-corrected chi connectivity index (χ3v) is 6.66. The molecule has 0 aliphatic rings. The van der Waals surface area contributed by atoms with E-state index < -0.39 is 23.6 Å². The van der Waals surface area contributed by atoms with Gasteiger partial charge in [-0.25, -0.2) is 4.98 Å². The Balaban J connectivity index is 1.72. The van der Waals surface area contributed by atoms with Gasteiger partial charge in [-0.15, -0.1) is 0 Å². The van der Waals surface area contributed by atoms with Gasteiger partial charge in [0.05, 0.1) is 25.9 Å². The predicted octanol–water partition coefficient (Wildman–Crippen LogP) is 4.96. The topological polar surface area (TPSA) is 136 Å². The molecule has 13 heteroatoms. The van der Waals surface area contributed by atoms with Gasteiger partial charge in [0.15, 0.2) is 0 Å². The van der Waals surface area contributed by atoms with Crippen LogP contribution in [-0.4, -0.2) is 38.2 Å². The van der Waals surface area contributed by atoms with Gasteiger partial charge in [0.1, 0.15) is 18.5 Å². The van der Waals surface area contributed by atoms with Crippen LogP contribution in [-0.2, 0) is 4.57 Å². The van der Waals surface area contributed by atoms with Gasteiger partial charge >= 0.3 is 5.69 Å². The Morgan fingerprint density at radius 3 is 2.58 bits per heavy atom. The zero-order valence-electron chi connectivity index (χ0n) is 17.3. The molecule has 0 atom stereocenters. The van der Waals surface area contributed by atoms with Gasteiger partial charge in [0, 0.05) is 30.3 Å². The second kappa shape index (κ2) is 8.80. The molecular formula is C20H16BrFN7O3P. The fourth-order valence-corrected chi connectivity index (χ4v) is 4.85. The van der Waals surface area contributed by atoms with Gasteiger partial charge in [0.25, 0.3) is 0 Å². The molecule has 0 aliphatic carbocycles. The molecule has 0 fully saturated rings. The molecule has 2 N–H and O–H groups in total. The van der Waals surface area contributed by atoms with Crippen LogP contribution in [0.5, 0.6) is 0 Å². The normalized spacial score (nSPS) is 11.4. The van der Waals surface area contributed by atoms with E-state index in [4.69, 9.17) is 0 Å². The van der Waals surface area contributed by atoms with E-state index in [-0.39, 0.29) is 11.6 Å². The van der Waals surface area contributed by atoms with E-state index in [1.54, 1.807) is 31.7 Å². The summed E-state index contributed by atoms with van der Waals surface area (Å²) in [6.45, 7) is 3.29. The van der Waals surface area contributed by atoms with Crippen molar-refractivity contribution in [2.24, 2.45) is 0 Å². The number of nitrogens with zero attached hydrogens (tertiary/aromatic N) is 5. The number of fused-ring (bicyclic) bond motifs is 1. The number of nitro benzene ring substituents is 1. The van der Waals surface area contributed by atoms with E-state index in [0.29, 0.717) is 32.3 Å². The number of aromatic nitrogens is 4. The van der Waals surface area contributed by atoms with Crippen molar-refractivity contribution >= 4 is 68.2 Å². The molecule has 4 aromatic rings. The third kappa shape index (κ3) is 4.81. The second-order valence-electron chi connectivity index (χ2n) is 7.30. The Labute approximate surface area is 195 Å². The zero-order valence-corrected chi connectivity index (χ0v) is 19.8. The summed E-state index contributed by atoms with van der Waals surface area (Å²) in [6, 6.07) is 6.89. The summed E-state index contributed by atoms with van der Waals surface area (Å²) in [5.41, 5.74) is 1.25. The van der Waals surface area contributed by atoms with E-state index in [1.807, 2.05) is 0 Å². The van der Waals surface area contributed by atoms with E-state index >= 15 is 0 Å². The maximum atomic E-state index is 13.6. The third-order valence-electron chi connectivity index (χ3n) is 4.55. The number of benzene rings is 2. The quantitative estimate of drug-likeness (QED) is 0.201. The number of nitrogens with one attached hydrogen (secondary N) is 2. The van der Waals surface area contributed by atoms with Crippen molar-refractivity contribution in [2.75, 3.05) is 24.0 Å². The van der Waals surface area contributed by atoms with Crippen molar-refractivity contribution in [2.45, 2.75) is 0 Å². The van der Waals surface area contributed by atoms with Crippen LogP contribution in [0, 0.1) is 15.9 Å². The molecule has 2 aromatic carbocycles. The number of anilines is 4. The van der Waals surface area contributed by atoms with E-state index in [0.717, 1.165) is 12.1 Å². The Kier molecular flexibility index (Phi) is 6.05. The maximum absolute atomic E-state index is 13.6. The summed E-state index contributed by atoms with van der Waals surface area (Å²) in [7, 11) is -2.78. The van der Waals surface area contributed by atoms with Gasteiger partial charge in [-0.2, -0.15) is 9.37 Å². The van der Waals surface area contributed by atoms with Crippen molar-refractivity contribution < 1.29 is 13.9 Å². The summed E-state index contributed by atoms with van der Waals surface area (Å²) in [5.74, 6) is -0.484. The first-order chi connectivity index (χ1) is 15.6. The van der Waals surface area contributed by atoms with Gasteiger partial charge in [-0.3, -0.25) is 20.1 Å². The van der Waals surface area contributed by atoms with Gasteiger partial charge in [0.2, 0.25) is 11.8 Å². The van der Waals surface area contributed by atoms with Gasteiger partial charge < -0.3 is 15.2 Å². The van der Waals surface area contributed by atoms with Crippen LogP contribution in [0.4, 0.5) is 33.2 Å². The van der Waals surface area contributed by atoms with Crippen LogP contribution in [0.1, 0.15) is 0 Å². The molecule has 0 saturated carbocycles. The lowest BCUT2D eigenvalue weighted by Gasteiger charge is -2.17. The predicted molar refractivity (Wildman–Crippen MR) is 128 cm³/mol. The highest BCUT2D eigenvalue weighted by Gasteiger charge is 2.22. The molecule has 168 valence electrons. The SMILES string of the molecule is CP(C)(=O)c1c(Nc2nc(Nc3ccc(F)c([N+](=O)[O-])c3)ncc2Br)ccc2nccnc12. The molecule has 0 aliphatic heterocycles. The van der Waals surface area contributed by atoms with Crippen molar-refractivity contribution in [1.29, 1.82) is 0 Å². The molecule has 0 radical (unpaired) electrons. The number of rotatable bonds is 6. The molecule has 2 heterocycles. The molecular weight excluding hydrogens is 516 g/mol. The maximum Gasteiger partial charge on any atom is 0.306 e. The molecule has 0 bridgehead atoms. The van der Waals surface area contributed by atoms with Crippen LogP contribution in [0.3, 0.4) is 0 Å². The highest BCUT2D eigenvalue weighted by molar-refractivity contribution is 9.10. The standard InChI is InChI=1S/C20H16BrFN7O3P/c1-33(2,32)18-15(6-5-14-17(18)24-8-7-23-14)27-19-12(21)10-25-20(28-19)26-11-3-4-13(22)16(9-11)29(30)31/h3-10H,1-2H3,(H2,25,26,27,28). The zero-order chi connectivity index (χ0) is 23.8. The van der Waals surface area contributed by atoms with Gasteiger partial charge in [-0.1, -0.05) is 0 Å². The second-order valence-corrected chi connectivity index (χ2v) is 11.3. The molecule has 0 unspecified atom stereocenters. The van der Waals surface area contributed by atoms with Crippen molar-refractivity contribution in [3.8, 4) is 0 Å². The largest absolute Gasteiger partial charge is 0.338 e. The van der Waals surface area contributed by atoms with E-state index in [9.17, 15) is 19.1 Å². The van der Waals surface area contributed by atoms with Crippen LogP contribution in [0.15, 0.2) is 53.4 Å². The number of hydrogen-bond acceptors (Lipinski definition) is 9. The van der Waals surface area contributed by atoms with Crippen LogP contribution >= 0.6 is 23.1 Å². The highest BCUT2D eigenvalue weighted by Crippen LogP contribution is 2.41. The van der Waals surface area contributed by atoms with Crippen LogP contribution in [0.2, 0.25) is 0 Å². The molecule has 2 aromatic heterocycles.